The second kappa shape index (κ2) is 5.47. The Kier molecular flexibility index (Phi) is 4.54. The van der Waals surface area contributed by atoms with E-state index >= 15 is 0 Å². The van der Waals surface area contributed by atoms with Crippen molar-refractivity contribution in [1.82, 2.24) is 10.6 Å². The van der Waals surface area contributed by atoms with Gasteiger partial charge in [0, 0.05) is 18.6 Å². The maximum absolute atomic E-state index is 11.8. The molecule has 15 heavy (non-hydrogen) atoms. The molecule has 0 aromatic heterocycles. The predicted molar refractivity (Wildman–Crippen MR) is 59.7 cm³/mol. The van der Waals surface area contributed by atoms with Crippen molar-refractivity contribution in [3.63, 3.8) is 0 Å². The van der Waals surface area contributed by atoms with Gasteiger partial charge in [-0.25, -0.2) is 0 Å². The summed E-state index contributed by atoms with van der Waals surface area (Å²) in [6.07, 6.45) is 1.73. The topological polar surface area (TPSA) is 50.4 Å². The molecule has 0 saturated carbocycles. The molecule has 4 nitrogen and oxygen atoms in total. The van der Waals surface area contributed by atoms with Crippen molar-refractivity contribution in [2.45, 2.75) is 45.3 Å². The van der Waals surface area contributed by atoms with Gasteiger partial charge in [0.1, 0.15) is 6.10 Å². The summed E-state index contributed by atoms with van der Waals surface area (Å²) in [7, 11) is 0. The number of hydrogen-bond donors (Lipinski definition) is 2. The molecule has 1 heterocycles. The molecule has 0 unspecified atom stereocenters. The van der Waals surface area contributed by atoms with Gasteiger partial charge in [-0.15, -0.1) is 0 Å². The molecule has 4 heteroatoms. The number of morpholine rings is 1. The average molecular weight is 214 g/mol. The molecule has 1 aliphatic heterocycles. The number of ether oxygens (including phenoxy) is 1. The van der Waals surface area contributed by atoms with Gasteiger partial charge in [-0.2, -0.15) is 0 Å². The van der Waals surface area contributed by atoms with Crippen LogP contribution in [0, 0.1) is 0 Å². The van der Waals surface area contributed by atoms with E-state index in [1.807, 2.05) is 13.8 Å². The zero-order valence-electron chi connectivity index (χ0n) is 9.93. The summed E-state index contributed by atoms with van der Waals surface area (Å²) in [5.41, 5.74) is -0.132. The van der Waals surface area contributed by atoms with Crippen LogP contribution in [-0.4, -0.2) is 37.2 Å². The van der Waals surface area contributed by atoms with Crippen molar-refractivity contribution >= 4 is 5.91 Å². The highest BCUT2D eigenvalue weighted by atomic mass is 16.5. The van der Waals surface area contributed by atoms with Crippen LogP contribution in [0.3, 0.4) is 0 Å². The third-order valence-electron chi connectivity index (χ3n) is 2.56. The average Bonchev–Trinajstić information content (AvgIpc) is 2.18. The summed E-state index contributed by atoms with van der Waals surface area (Å²) in [6, 6.07) is 0. The van der Waals surface area contributed by atoms with Gasteiger partial charge < -0.3 is 15.4 Å². The van der Waals surface area contributed by atoms with E-state index in [-0.39, 0.29) is 17.6 Å². The van der Waals surface area contributed by atoms with Crippen LogP contribution in [0.2, 0.25) is 0 Å². The highest BCUT2D eigenvalue weighted by molar-refractivity contribution is 5.81. The van der Waals surface area contributed by atoms with Gasteiger partial charge in [-0.1, -0.05) is 13.3 Å². The first-order chi connectivity index (χ1) is 7.05. The summed E-state index contributed by atoms with van der Waals surface area (Å²) in [4.78, 5) is 11.8. The molecule has 0 aromatic rings. The second-order valence-corrected chi connectivity index (χ2v) is 4.69. The fourth-order valence-electron chi connectivity index (χ4n) is 1.84. The number of carbonyl (C=O) groups is 1. The lowest BCUT2D eigenvalue weighted by Gasteiger charge is -2.30. The van der Waals surface area contributed by atoms with E-state index in [1.54, 1.807) is 0 Å². The molecular weight excluding hydrogens is 192 g/mol. The second-order valence-electron chi connectivity index (χ2n) is 4.69. The van der Waals surface area contributed by atoms with E-state index < -0.39 is 0 Å². The number of nitrogens with one attached hydrogen (secondary N) is 2. The summed E-state index contributed by atoms with van der Waals surface area (Å²) >= 11 is 0. The molecule has 0 bridgehead atoms. The van der Waals surface area contributed by atoms with Crippen molar-refractivity contribution in [3.8, 4) is 0 Å². The third kappa shape index (κ3) is 4.18. The van der Waals surface area contributed by atoms with Gasteiger partial charge >= 0.3 is 0 Å². The van der Waals surface area contributed by atoms with Crippen molar-refractivity contribution in [3.05, 3.63) is 0 Å². The van der Waals surface area contributed by atoms with Crippen LogP contribution in [0.1, 0.15) is 33.6 Å². The number of carbonyl (C=O) groups excluding carboxylic acids is 1. The third-order valence-corrected chi connectivity index (χ3v) is 2.56. The number of hydrogen-bond acceptors (Lipinski definition) is 3. The van der Waals surface area contributed by atoms with E-state index in [4.69, 9.17) is 4.74 Å². The van der Waals surface area contributed by atoms with Gasteiger partial charge in [0.15, 0.2) is 0 Å². The zero-order valence-corrected chi connectivity index (χ0v) is 9.93. The molecule has 0 aliphatic carbocycles. The normalized spacial score (nSPS) is 22.5. The first kappa shape index (κ1) is 12.5. The molecule has 1 saturated heterocycles. The Bertz CT molecular complexity index is 211. The summed E-state index contributed by atoms with van der Waals surface area (Å²) < 4.78 is 5.39. The molecule has 0 spiro atoms. The molecule has 1 aliphatic rings. The van der Waals surface area contributed by atoms with Crippen LogP contribution < -0.4 is 10.6 Å². The molecular formula is C11H22N2O2. The molecule has 1 fully saturated rings. The van der Waals surface area contributed by atoms with E-state index in [0.717, 1.165) is 19.4 Å². The molecule has 0 aromatic carbocycles. The van der Waals surface area contributed by atoms with Crippen molar-refractivity contribution in [1.29, 1.82) is 0 Å². The standard InChI is InChI=1S/C11H22N2O2/c1-4-5-11(2,3)13-10(14)9-8-12-6-7-15-9/h9,12H,4-8H2,1-3H3,(H,13,14)/t9-/m0/s1. The minimum absolute atomic E-state index is 0.000602. The van der Waals surface area contributed by atoms with Crippen LogP contribution in [0.4, 0.5) is 0 Å². The maximum Gasteiger partial charge on any atom is 0.250 e. The Morgan fingerprint density at radius 2 is 2.33 bits per heavy atom. The van der Waals surface area contributed by atoms with Crippen molar-refractivity contribution < 1.29 is 9.53 Å². The lowest BCUT2D eigenvalue weighted by molar-refractivity contribution is -0.136. The zero-order chi connectivity index (χ0) is 11.3. The highest BCUT2D eigenvalue weighted by Gasteiger charge is 2.26. The van der Waals surface area contributed by atoms with Crippen LogP contribution in [-0.2, 0) is 9.53 Å². The molecule has 1 rings (SSSR count). The Morgan fingerprint density at radius 3 is 2.87 bits per heavy atom. The minimum Gasteiger partial charge on any atom is -0.366 e. The van der Waals surface area contributed by atoms with Crippen molar-refractivity contribution in [2.75, 3.05) is 19.7 Å². The van der Waals surface area contributed by atoms with Crippen LogP contribution >= 0.6 is 0 Å². The summed E-state index contributed by atoms with van der Waals surface area (Å²) in [5.74, 6) is 0.000602. The number of rotatable bonds is 4. The highest BCUT2D eigenvalue weighted by Crippen LogP contribution is 2.11. The van der Waals surface area contributed by atoms with Gasteiger partial charge in [-0.3, -0.25) is 4.79 Å². The van der Waals surface area contributed by atoms with E-state index in [2.05, 4.69) is 17.6 Å². The molecule has 1 atom stereocenters. The minimum atomic E-state index is -0.324. The Labute approximate surface area is 91.8 Å². The predicted octanol–water partition coefficient (Wildman–Crippen LogP) is 0.670. The van der Waals surface area contributed by atoms with Gasteiger partial charge in [0.2, 0.25) is 0 Å². The molecule has 2 N–H and O–H groups in total. The largest absolute Gasteiger partial charge is 0.366 e. The molecule has 88 valence electrons. The fraction of sp³-hybridized carbons (Fsp3) is 0.909. The number of amides is 1. The van der Waals surface area contributed by atoms with E-state index in [1.165, 1.54) is 0 Å². The summed E-state index contributed by atoms with van der Waals surface area (Å²) in [6.45, 7) is 8.28. The van der Waals surface area contributed by atoms with E-state index in [0.29, 0.717) is 13.2 Å². The van der Waals surface area contributed by atoms with Crippen LogP contribution in [0.15, 0.2) is 0 Å². The van der Waals surface area contributed by atoms with Crippen LogP contribution in [0.25, 0.3) is 0 Å². The molecule has 1 amide bonds. The first-order valence-corrected chi connectivity index (χ1v) is 5.69. The van der Waals surface area contributed by atoms with Gasteiger partial charge in [0.05, 0.1) is 6.61 Å². The smallest absolute Gasteiger partial charge is 0.250 e. The summed E-state index contributed by atoms with van der Waals surface area (Å²) in [5, 5.41) is 6.17. The lowest BCUT2D eigenvalue weighted by atomic mass is 9.98. The van der Waals surface area contributed by atoms with Crippen LogP contribution in [0.5, 0.6) is 0 Å². The van der Waals surface area contributed by atoms with E-state index in [9.17, 15) is 4.79 Å². The lowest BCUT2D eigenvalue weighted by Crippen LogP contribution is -2.53. The van der Waals surface area contributed by atoms with Crippen molar-refractivity contribution in [2.24, 2.45) is 0 Å². The Balaban J connectivity index is 2.39. The fourth-order valence-corrected chi connectivity index (χ4v) is 1.84. The Hall–Kier alpha value is -0.610. The monoisotopic (exact) mass is 214 g/mol. The molecule has 0 radical (unpaired) electrons. The maximum atomic E-state index is 11.8. The SMILES string of the molecule is CCCC(C)(C)NC(=O)[C@@H]1CNCCO1. The van der Waals surface area contributed by atoms with Gasteiger partial charge in [0.25, 0.3) is 5.91 Å². The quantitative estimate of drug-likeness (QED) is 0.723. The Morgan fingerprint density at radius 1 is 1.60 bits per heavy atom. The van der Waals surface area contributed by atoms with Gasteiger partial charge in [-0.05, 0) is 20.3 Å². The first-order valence-electron chi connectivity index (χ1n) is 5.69.